The van der Waals surface area contributed by atoms with E-state index in [1.165, 1.54) is 28.8 Å². The second-order valence-electron chi connectivity index (χ2n) is 5.14. The molecule has 0 amide bonds. The minimum absolute atomic E-state index is 0.120. The van der Waals surface area contributed by atoms with Crippen LogP contribution in [0.1, 0.15) is 28.3 Å². The number of rotatable bonds is 4. The lowest BCUT2D eigenvalue weighted by Gasteiger charge is -2.20. The Morgan fingerprint density at radius 1 is 1.15 bits per heavy atom. The summed E-state index contributed by atoms with van der Waals surface area (Å²) in [5, 5.41) is 3.91. The highest BCUT2D eigenvalue weighted by atomic mass is 35.5. The highest BCUT2D eigenvalue weighted by Crippen LogP contribution is 2.26. The first-order valence-corrected chi connectivity index (χ1v) is 7.07. The third-order valence-corrected chi connectivity index (χ3v) is 3.96. The van der Waals surface area contributed by atoms with Crippen molar-refractivity contribution in [3.8, 4) is 0 Å². The average molecular weight is 292 g/mol. The van der Waals surface area contributed by atoms with Gasteiger partial charge < -0.3 is 5.32 Å². The largest absolute Gasteiger partial charge is 0.313 e. The van der Waals surface area contributed by atoms with E-state index in [1.54, 1.807) is 6.07 Å². The Morgan fingerprint density at radius 2 is 1.90 bits per heavy atom. The molecule has 106 valence electrons. The molecule has 0 spiro atoms. The fourth-order valence-electron chi connectivity index (χ4n) is 2.42. The molecule has 2 rings (SSSR count). The lowest BCUT2D eigenvalue weighted by atomic mass is 9.94. The summed E-state index contributed by atoms with van der Waals surface area (Å²) in [5.74, 6) is -0.250. The zero-order valence-corrected chi connectivity index (χ0v) is 12.8. The summed E-state index contributed by atoms with van der Waals surface area (Å²) in [5.41, 5.74) is 4.50. The van der Waals surface area contributed by atoms with Crippen molar-refractivity contribution < 1.29 is 4.39 Å². The second kappa shape index (κ2) is 6.38. The molecule has 1 unspecified atom stereocenters. The fourth-order valence-corrected chi connectivity index (χ4v) is 2.62. The molecule has 3 heteroatoms. The Labute approximate surface area is 124 Å². The van der Waals surface area contributed by atoms with Crippen LogP contribution in [0.5, 0.6) is 0 Å². The van der Waals surface area contributed by atoms with Crippen LogP contribution < -0.4 is 5.32 Å². The van der Waals surface area contributed by atoms with Gasteiger partial charge in [0.1, 0.15) is 5.82 Å². The van der Waals surface area contributed by atoms with E-state index >= 15 is 0 Å². The Bertz CT molecular complexity index is 610. The van der Waals surface area contributed by atoms with Gasteiger partial charge in [0.25, 0.3) is 0 Å². The van der Waals surface area contributed by atoms with Gasteiger partial charge in [-0.2, -0.15) is 0 Å². The summed E-state index contributed by atoms with van der Waals surface area (Å²) < 4.78 is 13.4. The number of halogens is 2. The van der Waals surface area contributed by atoms with Crippen molar-refractivity contribution in [2.75, 3.05) is 7.05 Å². The van der Waals surface area contributed by atoms with E-state index in [1.807, 2.05) is 7.05 Å². The van der Waals surface area contributed by atoms with Gasteiger partial charge in [-0.15, -0.1) is 0 Å². The monoisotopic (exact) mass is 291 g/mol. The molecular formula is C17H19ClFN. The van der Waals surface area contributed by atoms with Crippen LogP contribution in [0.2, 0.25) is 5.02 Å². The van der Waals surface area contributed by atoms with Crippen molar-refractivity contribution in [1.29, 1.82) is 0 Å². The van der Waals surface area contributed by atoms with Gasteiger partial charge in [-0.25, -0.2) is 4.39 Å². The number of hydrogen-bond acceptors (Lipinski definition) is 1. The van der Waals surface area contributed by atoms with Gasteiger partial charge in [0.15, 0.2) is 0 Å². The summed E-state index contributed by atoms with van der Waals surface area (Å²) in [6.07, 6.45) is 0.664. The molecule has 0 radical (unpaired) electrons. The van der Waals surface area contributed by atoms with Gasteiger partial charge in [-0.05, 0) is 62.2 Å². The predicted molar refractivity (Wildman–Crippen MR) is 82.8 cm³/mol. The number of benzene rings is 2. The quantitative estimate of drug-likeness (QED) is 0.868. The van der Waals surface area contributed by atoms with E-state index < -0.39 is 0 Å². The van der Waals surface area contributed by atoms with E-state index in [4.69, 9.17) is 11.6 Å². The second-order valence-corrected chi connectivity index (χ2v) is 5.55. The Kier molecular flexibility index (Phi) is 4.79. The van der Waals surface area contributed by atoms with Crippen LogP contribution in [0.25, 0.3) is 0 Å². The highest BCUT2D eigenvalue weighted by Gasteiger charge is 2.15. The topological polar surface area (TPSA) is 12.0 Å². The summed E-state index contributed by atoms with van der Waals surface area (Å²) in [6.45, 7) is 4.16. The minimum Gasteiger partial charge on any atom is -0.313 e. The minimum atomic E-state index is -0.250. The van der Waals surface area contributed by atoms with E-state index in [0.29, 0.717) is 11.4 Å². The van der Waals surface area contributed by atoms with Gasteiger partial charge in [0.05, 0.1) is 0 Å². The molecular weight excluding hydrogens is 273 g/mol. The molecule has 0 aromatic heterocycles. The zero-order valence-electron chi connectivity index (χ0n) is 12.0. The number of aryl methyl sites for hydroxylation is 2. The first-order valence-electron chi connectivity index (χ1n) is 6.69. The molecule has 0 aliphatic rings. The lowest BCUT2D eigenvalue weighted by molar-refractivity contribution is 0.581. The molecule has 1 N–H and O–H groups in total. The van der Waals surface area contributed by atoms with Crippen LogP contribution in [-0.4, -0.2) is 7.05 Å². The molecule has 20 heavy (non-hydrogen) atoms. The highest BCUT2D eigenvalue weighted by molar-refractivity contribution is 6.31. The summed E-state index contributed by atoms with van der Waals surface area (Å²) >= 11 is 6.16. The van der Waals surface area contributed by atoms with Crippen molar-refractivity contribution in [3.05, 3.63) is 69.5 Å². The maximum Gasteiger partial charge on any atom is 0.123 e. The molecule has 1 nitrogen and oxygen atoms in total. The molecule has 0 aliphatic heterocycles. The van der Waals surface area contributed by atoms with E-state index in [2.05, 4.69) is 37.4 Å². The molecule has 0 saturated carbocycles. The maximum atomic E-state index is 13.4. The number of likely N-dealkylation sites (N-methyl/N-ethyl adjacent to an activating group) is 1. The molecule has 2 aromatic rings. The van der Waals surface area contributed by atoms with Crippen LogP contribution in [0.3, 0.4) is 0 Å². The van der Waals surface area contributed by atoms with E-state index in [0.717, 1.165) is 5.56 Å². The average Bonchev–Trinajstić information content (AvgIpc) is 2.42. The molecule has 0 heterocycles. The fraction of sp³-hybridized carbons (Fsp3) is 0.294. The van der Waals surface area contributed by atoms with Crippen LogP contribution in [0.15, 0.2) is 36.4 Å². The van der Waals surface area contributed by atoms with Crippen LogP contribution in [-0.2, 0) is 6.42 Å². The first kappa shape index (κ1) is 15.0. The van der Waals surface area contributed by atoms with Crippen molar-refractivity contribution in [2.24, 2.45) is 0 Å². The zero-order chi connectivity index (χ0) is 14.7. The Hall–Kier alpha value is -1.38. The maximum absolute atomic E-state index is 13.4. The van der Waals surface area contributed by atoms with Crippen molar-refractivity contribution in [2.45, 2.75) is 26.3 Å². The van der Waals surface area contributed by atoms with Crippen molar-refractivity contribution in [1.82, 2.24) is 5.32 Å². The smallest absolute Gasteiger partial charge is 0.123 e. The van der Waals surface area contributed by atoms with Gasteiger partial charge in [0.2, 0.25) is 0 Å². The van der Waals surface area contributed by atoms with Crippen LogP contribution in [0.4, 0.5) is 4.39 Å². The molecule has 0 fully saturated rings. The standard InChI is InChI=1S/C17H19ClFN/c1-11-4-5-12(2)15(8-11)17(20-3)10-13-9-14(19)6-7-16(13)18/h4-9,17,20H,10H2,1-3H3. The van der Waals surface area contributed by atoms with E-state index in [9.17, 15) is 4.39 Å². The van der Waals surface area contributed by atoms with Crippen molar-refractivity contribution in [3.63, 3.8) is 0 Å². The predicted octanol–water partition coefficient (Wildman–Crippen LogP) is 4.60. The van der Waals surface area contributed by atoms with Gasteiger partial charge in [-0.1, -0.05) is 35.4 Å². The van der Waals surface area contributed by atoms with Gasteiger partial charge in [0, 0.05) is 11.1 Å². The number of nitrogens with one attached hydrogen (secondary N) is 1. The van der Waals surface area contributed by atoms with E-state index in [-0.39, 0.29) is 11.9 Å². The summed E-state index contributed by atoms with van der Waals surface area (Å²) in [4.78, 5) is 0. The first-order chi connectivity index (χ1) is 9.51. The normalized spacial score (nSPS) is 12.4. The Balaban J connectivity index is 2.33. The number of hydrogen-bond donors (Lipinski definition) is 1. The lowest BCUT2D eigenvalue weighted by Crippen LogP contribution is -2.20. The molecule has 0 bridgehead atoms. The molecule has 0 aliphatic carbocycles. The Morgan fingerprint density at radius 3 is 2.60 bits per heavy atom. The van der Waals surface area contributed by atoms with Crippen molar-refractivity contribution >= 4 is 11.6 Å². The summed E-state index contributed by atoms with van der Waals surface area (Å²) in [6, 6.07) is 11.0. The molecule has 0 saturated heterocycles. The molecule has 2 aromatic carbocycles. The molecule has 1 atom stereocenters. The SMILES string of the molecule is CNC(Cc1cc(F)ccc1Cl)c1cc(C)ccc1C. The summed E-state index contributed by atoms with van der Waals surface area (Å²) in [7, 11) is 1.92. The van der Waals surface area contributed by atoms with Gasteiger partial charge in [-0.3, -0.25) is 0 Å². The third-order valence-electron chi connectivity index (χ3n) is 3.59. The van der Waals surface area contributed by atoms with Crippen LogP contribution in [0, 0.1) is 19.7 Å². The third kappa shape index (κ3) is 3.38. The van der Waals surface area contributed by atoms with Crippen LogP contribution >= 0.6 is 11.6 Å². The van der Waals surface area contributed by atoms with Gasteiger partial charge >= 0.3 is 0 Å².